The number of nitrogens with one attached hydrogen (secondary N) is 1. The van der Waals surface area contributed by atoms with Gasteiger partial charge >= 0.3 is 6.09 Å². The van der Waals surface area contributed by atoms with Gasteiger partial charge in [0.1, 0.15) is 17.0 Å². The van der Waals surface area contributed by atoms with Crippen molar-refractivity contribution in [2.24, 2.45) is 5.92 Å². The van der Waals surface area contributed by atoms with Gasteiger partial charge in [0.2, 0.25) is 0 Å². The first-order chi connectivity index (χ1) is 14.3. The molecule has 0 aliphatic heterocycles. The van der Waals surface area contributed by atoms with Crippen molar-refractivity contribution in [2.45, 2.75) is 64.2 Å². The van der Waals surface area contributed by atoms with E-state index in [0.717, 1.165) is 24.0 Å². The monoisotopic (exact) mass is 492 g/mol. The quantitative estimate of drug-likeness (QED) is 0.511. The van der Waals surface area contributed by atoms with E-state index in [4.69, 9.17) is 9.72 Å². The minimum absolute atomic E-state index is 0.123. The molecule has 3 rings (SSSR count). The van der Waals surface area contributed by atoms with Gasteiger partial charge in [0.05, 0.1) is 16.9 Å². The third-order valence-corrected chi connectivity index (χ3v) is 6.26. The van der Waals surface area contributed by atoms with Crippen LogP contribution in [0.25, 0.3) is 11.3 Å². The Morgan fingerprint density at radius 1 is 1.19 bits per heavy atom. The molecule has 0 saturated heterocycles. The Bertz CT molecular complexity index is 952. The molecule has 1 fully saturated rings. The van der Waals surface area contributed by atoms with E-state index < -0.39 is 22.8 Å². The fourth-order valence-corrected chi connectivity index (χ4v) is 4.21. The molecule has 1 saturated carbocycles. The van der Waals surface area contributed by atoms with E-state index in [2.05, 4.69) is 21.2 Å². The van der Waals surface area contributed by atoms with Crippen molar-refractivity contribution in [1.29, 1.82) is 0 Å². The molecule has 1 aliphatic carbocycles. The zero-order valence-corrected chi connectivity index (χ0v) is 20.2. The molecule has 1 heterocycles. The number of ether oxygens (including phenoxy) is 1. The van der Waals surface area contributed by atoms with E-state index in [1.807, 2.05) is 46.8 Å². The Morgan fingerprint density at radius 2 is 1.81 bits per heavy atom. The van der Waals surface area contributed by atoms with Crippen molar-refractivity contribution >= 4 is 22.0 Å². The molecule has 2 N–H and O–H groups in total. The summed E-state index contributed by atoms with van der Waals surface area (Å²) in [4.78, 5) is 17.2. The van der Waals surface area contributed by atoms with E-state index in [0.29, 0.717) is 16.7 Å². The number of alkyl carbamates (subject to hydrolysis) is 1. The van der Waals surface area contributed by atoms with Crippen LogP contribution < -0.4 is 5.32 Å². The number of aliphatic hydroxyl groups is 1. The minimum Gasteiger partial charge on any atom is -0.444 e. The summed E-state index contributed by atoms with van der Waals surface area (Å²) in [5, 5.41) is 14.7. The number of amides is 1. The molecule has 1 atom stereocenters. The number of carbonyl (C=O) groups is 1. The predicted molar refractivity (Wildman–Crippen MR) is 122 cm³/mol. The average molecular weight is 493 g/mol. The van der Waals surface area contributed by atoms with E-state index in [9.17, 15) is 14.3 Å². The lowest BCUT2D eigenvalue weighted by Gasteiger charge is -2.32. The van der Waals surface area contributed by atoms with Crippen LogP contribution in [0.1, 0.15) is 58.7 Å². The first kappa shape index (κ1) is 23.7. The van der Waals surface area contributed by atoms with Gasteiger partial charge in [-0.25, -0.2) is 14.2 Å². The third kappa shape index (κ3) is 5.63. The second kappa shape index (κ2) is 8.51. The normalized spacial score (nSPS) is 16.5. The van der Waals surface area contributed by atoms with Gasteiger partial charge < -0.3 is 15.2 Å². The summed E-state index contributed by atoms with van der Waals surface area (Å²) in [5.74, 6) is -0.209. The molecule has 1 aromatic heterocycles. The summed E-state index contributed by atoms with van der Waals surface area (Å²) < 4.78 is 18.9. The van der Waals surface area contributed by atoms with Crippen LogP contribution >= 0.6 is 15.9 Å². The van der Waals surface area contributed by atoms with Crippen molar-refractivity contribution in [2.75, 3.05) is 5.33 Å². The average Bonchev–Trinajstić information content (AvgIpc) is 3.51. The van der Waals surface area contributed by atoms with Gasteiger partial charge in [0.15, 0.2) is 0 Å². The van der Waals surface area contributed by atoms with Gasteiger partial charge in [-0.3, -0.25) is 0 Å². The Labute approximate surface area is 191 Å². The summed E-state index contributed by atoms with van der Waals surface area (Å²) in [7, 11) is 0. The molecule has 168 valence electrons. The topological polar surface area (TPSA) is 71.5 Å². The molecule has 2 aromatic rings. The Balaban J connectivity index is 2.06. The number of aromatic nitrogens is 1. The SMILES string of the molecule is CC(C)(C)OC(=O)NC(C)(C)c1cc(-c2ccc(F)cc2)nc(C(O)(CBr)C2CC2)c1. The number of hydrogen-bond acceptors (Lipinski definition) is 4. The molecule has 5 nitrogen and oxygen atoms in total. The van der Waals surface area contributed by atoms with Crippen molar-refractivity contribution in [1.82, 2.24) is 10.3 Å². The first-order valence-electron chi connectivity index (χ1n) is 10.4. The highest BCUT2D eigenvalue weighted by Crippen LogP contribution is 2.47. The van der Waals surface area contributed by atoms with E-state index in [1.165, 1.54) is 12.1 Å². The van der Waals surface area contributed by atoms with Crippen LogP contribution in [-0.4, -0.2) is 27.1 Å². The number of rotatable bonds is 6. The summed E-state index contributed by atoms with van der Waals surface area (Å²) >= 11 is 3.46. The van der Waals surface area contributed by atoms with E-state index in [1.54, 1.807) is 12.1 Å². The first-order valence-corrected chi connectivity index (χ1v) is 11.5. The second-order valence-electron chi connectivity index (χ2n) is 9.72. The largest absolute Gasteiger partial charge is 0.444 e. The Morgan fingerprint density at radius 3 is 2.32 bits per heavy atom. The molecular weight excluding hydrogens is 463 g/mol. The van der Waals surface area contributed by atoms with Gasteiger partial charge in [0.25, 0.3) is 0 Å². The number of nitrogens with zero attached hydrogens (tertiary/aromatic N) is 1. The maximum atomic E-state index is 13.5. The highest BCUT2D eigenvalue weighted by molar-refractivity contribution is 9.09. The molecule has 1 aliphatic rings. The van der Waals surface area contributed by atoms with Crippen LogP contribution in [0.15, 0.2) is 36.4 Å². The highest BCUT2D eigenvalue weighted by atomic mass is 79.9. The highest BCUT2D eigenvalue weighted by Gasteiger charge is 2.46. The Kier molecular flexibility index (Phi) is 6.50. The molecule has 1 unspecified atom stereocenters. The van der Waals surface area contributed by atoms with Gasteiger partial charge in [-0.1, -0.05) is 15.9 Å². The van der Waals surface area contributed by atoms with Crippen LogP contribution in [0.2, 0.25) is 0 Å². The molecule has 1 aromatic carbocycles. The molecular formula is C24H30BrFN2O3. The summed E-state index contributed by atoms with van der Waals surface area (Å²) in [6.07, 6.45) is 1.33. The zero-order valence-electron chi connectivity index (χ0n) is 18.6. The van der Waals surface area contributed by atoms with Crippen LogP contribution in [0.5, 0.6) is 0 Å². The fourth-order valence-electron chi connectivity index (χ4n) is 3.46. The number of pyridine rings is 1. The smallest absolute Gasteiger partial charge is 0.408 e. The van der Waals surface area contributed by atoms with Crippen molar-refractivity contribution in [3.63, 3.8) is 0 Å². The molecule has 0 radical (unpaired) electrons. The lowest BCUT2D eigenvalue weighted by atomic mass is 9.88. The predicted octanol–water partition coefficient (Wildman–Crippen LogP) is 5.64. The third-order valence-electron chi connectivity index (χ3n) is 5.40. The summed E-state index contributed by atoms with van der Waals surface area (Å²) in [6.45, 7) is 9.16. The number of benzene rings is 1. The van der Waals surface area contributed by atoms with Gasteiger partial charge in [0, 0.05) is 10.9 Å². The van der Waals surface area contributed by atoms with Crippen LogP contribution in [0.4, 0.5) is 9.18 Å². The number of alkyl halides is 1. The van der Waals surface area contributed by atoms with E-state index in [-0.39, 0.29) is 11.7 Å². The molecule has 31 heavy (non-hydrogen) atoms. The molecule has 0 bridgehead atoms. The maximum absolute atomic E-state index is 13.5. The van der Waals surface area contributed by atoms with Crippen molar-refractivity contribution in [3.8, 4) is 11.3 Å². The zero-order chi connectivity index (χ0) is 23.0. The summed E-state index contributed by atoms with van der Waals surface area (Å²) in [6, 6.07) is 9.77. The fraction of sp³-hybridized carbons (Fsp3) is 0.500. The van der Waals surface area contributed by atoms with Crippen molar-refractivity contribution < 1.29 is 19.0 Å². The number of halogens is 2. The molecule has 7 heteroatoms. The lowest BCUT2D eigenvalue weighted by molar-refractivity contribution is 0.0350. The second-order valence-corrected chi connectivity index (χ2v) is 10.3. The van der Waals surface area contributed by atoms with E-state index >= 15 is 0 Å². The van der Waals surface area contributed by atoms with Gasteiger partial charge in [-0.2, -0.15) is 0 Å². The standard InChI is InChI=1S/C24H30BrFN2O3/c1-22(2,3)31-21(29)28-23(4,5)17-12-19(15-6-10-18(26)11-7-15)27-20(13-17)24(30,14-25)16-8-9-16/h6-7,10-13,16,30H,8-9,14H2,1-5H3,(H,28,29). The minimum atomic E-state index is -1.12. The Hall–Kier alpha value is -1.99. The van der Waals surface area contributed by atoms with Crippen LogP contribution in [-0.2, 0) is 15.9 Å². The van der Waals surface area contributed by atoms with Crippen LogP contribution in [0.3, 0.4) is 0 Å². The summed E-state index contributed by atoms with van der Waals surface area (Å²) in [5.41, 5.74) is 0.0889. The van der Waals surface area contributed by atoms with Gasteiger partial charge in [-0.15, -0.1) is 0 Å². The van der Waals surface area contributed by atoms with Crippen molar-refractivity contribution in [3.05, 3.63) is 53.5 Å². The molecule has 0 spiro atoms. The number of hydrogen-bond donors (Lipinski definition) is 2. The van der Waals surface area contributed by atoms with Gasteiger partial charge in [-0.05, 0) is 95.3 Å². The molecule has 1 amide bonds. The maximum Gasteiger partial charge on any atom is 0.408 e. The van der Waals surface area contributed by atoms with Crippen LogP contribution in [0, 0.1) is 11.7 Å². The lowest BCUT2D eigenvalue weighted by Crippen LogP contribution is -2.44. The number of carbonyl (C=O) groups excluding carboxylic acids is 1.